The van der Waals surface area contributed by atoms with Crippen molar-refractivity contribution in [3.05, 3.63) is 75.8 Å². The summed E-state index contributed by atoms with van der Waals surface area (Å²) < 4.78 is 66.6. The van der Waals surface area contributed by atoms with Crippen molar-refractivity contribution in [3.8, 4) is 22.6 Å². The maximum absolute atomic E-state index is 14.3. The summed E-state index contributed by atoms with van der Waals surface area (Å²) in [5.41, 5.74) is 9.36. The van der Waals surface area contributed by atoms with Gasteiger partial charge in [0.05, 0.1) is 17.8 Å². The third-order valence-electron chi connectivity index (χ3n) is 5.18. The first-order valence-electron chi connectivity index (χ1n) is 9.07. The molecule has 156 valence electrons. The van der Waals surface area contributed by atoms with Crippen molar-refractivity contribution in [2.45, 2.75) is 18.9 Å². The predicted molar refractivity (Wildman–Crippen MR) is 106 cm³/mol. The normalized spacial score (nSPS) is 15.2. The number of fused-ring (bicyclic) bond motifs is 1. The van der Waals surface area contributed by atoms with Crippen LogP contribution in [0, 0.1) is 23.3 Å². The fourth-order valence-electron chi connectivity index (χ4n) is 3.77. The van der Waals surface area contributed by atoms with Gasteiger partial charge in [-0.3, -0.25) is 0 Å². The van der Waals surface area contributed by atoms with Crippen LogP contribution in [0.2, 0.25) is 5.02 Å². The van der Waals surface area contributed by atoms with E-state index in [-0.39, 0.29) is 0 Å². The Kier molecular flexibility index (Phi) is 5.24. The standard InChI is InChI=1S/C22H16ClF4NO2/c1-29-21-17(24)19(26)22(20(27)18(21)25)30-15-9-8-11-10(4-2-5-12(11)15)13-6-3-7-14(28)16(13)23/h2-7,15H,8-9,28H2,1H3. The van der Waals surface area contributed by atoms with E-state index in [1.807, 2.05) is 12.1 Å². The highest BCUT2D eigenvalue weighted by Crippen LogP contribution is 2.44. The van der Waals surface area contributed by atoms with E-state index < -0.39 is 40.9 Å². The average molecular weight is 438 g/mol. The van der Waals surface area contributed by atoms with Gasteiger partial charge >= 0.3 is 0 Å². The fourth-order valence-corrected chi connectivity index (χ4v) is 3.99. The molecule has 2 N–H and O–H groups in total. The zero-order chi connectivity index (χ0) is 21.6. The zero-order valence-corrected chi connectivity index (χ0v) is 16.5. The lowest BCUT2D eigenvalue weighted by atomic mass is 9.96. The van der Waals surface area contributed by atoms with E-state index in [0.29, 0.717) is 34.7 Å². The minimum atomic E-state index is -1.65. The van der Waals surface area contributed by atoms with Crippen LogP contribution in [0.4, 0.5) is 23.2 Å². The van der Waals surface area contributed by atoms with Gasteiger partial charge in [-0.25, -0.2) is 0 Å². The number of anilines is 1. The Bertz CT molecular complexity index is 1120. The van der Waals surface area contributed by atoms with Gasteiger partial charge in [-0.2, -0.15) is 17.6 Å². The topological polar surface area (TPSA) is 44.5 Å². The molecule has 30 heavy (non-hydrogen) atoms. The molecule has 0 amide bonds. The lowest BCUT2D eigenvalue weighted by Gasteiger charge is -2.18. The zero-order valence-electron chi connectivity index (χ0n) is 15.7. The second kappa shape index (κ2) is 7.72. The van der Waals surface area contributed by atoms with Crippen LogP contribution < -0.4 is 15.2 Å². The van der Waals surface area contributed by atoms with Gasteiger partial charge < -0.3 is 15.2 Å². The van der Waals surface area contributed by atoms with Gasteiger partial charge in [0.2, 0.25) is 23.3 Å². The number of ether oxygens (including phenoxy) is 2. The summed E-state index contributed by atoms with van der Waals surface area (Å²) in [6.45, 7) is 0. The molecular formula is C22H16ClF4NO2. The molecule has 0 saturated carbocycles. The van der Waals surface area contributed by atoms with Crippen LogP contribution in [-0.2, 0) is 6.42 Å². The van der Waals surface area contributed by atoms with E-state index in [0.717, 1.165) is 18.2 Å². The SMILES string of the molecule is COc1c(F)c(F)c(OC2CCc3c(-c4cccc(N)c4Cl)cccc32)c(F)c1F. The monoisotopic (exact) mass is 437 g/mol. The summed E-state index contributed by atoms with van der Waals surface area (Å²) in [4.78, 5) is 0. The molecule has 0 aliphatic heterocycles. The maximum atomic E-state index is 14.3. The van der Waals surface area contributed by atoms with Crippen LogP contribution in [0.5, 0.6) is 11.5 Å². The first kappa shape index (κ1) is 20.3. The molecule has 1 aliphatic rings. The summed E-state index contributed by atoms with van der Waals surface area (Å²) >= 11 is 6.35. The Hall–Kier alpha value is -2.93. The highest BCUT2D eigenvalue weighted by molar-refractivity contribution is 6.35. The molecule has 1 aliphatic carbocycles. The van der Waals surface area contributed by atoms with Crippen LogP contribution in [0.3, 0.4) is 0 Å². The lowest BCUT2D eigenvalue weighted by molar-refractivity contribution is 0.180. The first-order chi connectivity index (χ1) is 14.3. The van der Waals surface area contributed by atoms with Crippen LogP contribution in [0.25, 0.3) is 11.1 Å². The number of rotatable bonds is 4. The number of benzene rings is 3. The van der Waals surface area contributed by atoms with Gasteiger partial charge in [-0.05, 0) is 35.6 Å². The molecule has 3 aromatic carbocycles. The van der Waals surface area contributed by atoms with Crippen molar-refractivity contribution >= 4 is 17.3 Å². The summed E-state index contributed by atoms with van der Waals surface area (Å²) in [7, 11) is 0.914. The molecule has 0 radical (unpaired) electrons. The quantitative estimate of drug-likeness (QED) is 0.299. The van der Waals surface area contributed by atoms with Gasteiger partial charge in [0.1, 0.15) is 6.10 Å². The number of hydrogen-bond acceptors (Lipinski definition) is 3. The Morgan fingerprint density at radius 3 is 2.17 bits per heavy atom. The summed E-state index contributed by atoms with van der Waals surface area (Å²) in [5.74, 6) is -8.84. The Balaban J connectivity index is 1.75. The maximum Gasteiger partial charge on any atom is 0.207 e. The van der Waals surface area contributed by atoms with Crippen LogP contribution in [0.15, 0.2) is 36.4 Å². The highest BCUT2D eigenvalue weighted by Gasteiger charge is 2.33. The van der Waals surface area contributed by atoms with Crippen molar-refractivity contribution in [3.63, 3.8) is 0 Å². The van der Waals surface area contributed by atoms with E-state index >= 15 is 0 Å². The third-order valence-corrected chi connectivity index (χ3v) is 5.60. The summed E-state index contributed by atoms with van der Waals surface area (Å²) in [6, 6.07) is 10.6. The number of nitrogens with two attached hydrogens (primary N) is 1. The molecule has 1 unspecified atom stereocenters. The van der Waals surface area contributed by atoms with E-state index in [1.54, 1.807) is 24.3 Å². The first-order valence-corrected chi connectivity index (χ1v) is 9.45. The minimum absolute atomic E-state index is 0.362. The van der Waals surface area contributed by atoms with Crippen molar-refractivity contribution in [1.82, 2.24) is 0 Å². The molecule has 0 fully saturated rings. The summed E-state index contributed by atoms with van der Waals surface area (Å²) in [6.07, 6.45) is 0.0856. The number of halogens is 5. The Morgan fingerprint density at radius 1 is 0.900 bits per heavy atom. The molecule has 0 heterocycles. The molecule has 1 atom stereocenters. The Labute approximate surface area is 175 Å². The van der Waals surface area contributed by atoms with E-state index in [9.17, 15) is 17.6 Å². The smallest absolute Gasteiger partial charge is 0.207 e. The molecule has 8 heteroatoms. The van der Waals surface area contributed by atoms with E-state index in [2.05, 4.69) is 4.74 Å². The lowest BCUT2D eigenvalue weighted by Crippen LogP contribution is -2.10. The molecule has 0 spiro atoms. The average Bonchev–Trinajstić information content (AvgIpc) is 3.15. The molecule has 3 aromatic rings. The van der Waals surface area contributed by atoms with Gasteiger partial charge in [0, 0.05) is 5.56 Å². The predicted octanol–water partition coefficient (Wildman–Crippen LogP) is 6.22. The fraction of sp³-hybridized carbons (Fsp3) is 0.182. The van der Waals surface area contributed by atoms with Crippen molar-refractivity contribution in [1.29, 1.82) is 0 Å². The van der Waals surface area contributed by atoms with Crippen LogP contribution >= 0.6 is 11.6 Å². The molecule has 3 nitrogen and oxygen atoms in total. The number of methoxy groups -OCH3 is 1. The molecule has 4 rings (SSSR count). The van der Waals surface area contributed by atoms with Gasteiger partial charge in [-0.15, -0.1) is 0 Å². The van der Waals surface area contributed by atoms with Crippen molar-refractivity contribution in [2.24, 2.45) is 0 Å². The second-order valence-electron chi connectivity index (χ2n) is 6.85. The second-order valence-corrected chi connectivity index (χ2v) is 7.22. The molecule has 0 aromatic heterocycles. The summed E-state index contributed by atoms with van der Waals surface area (Å²) in [5, 5.41) is 0.395. The number of nitrogen functional groups attached to an aromatic ring is 1. The molecule has 0 saturated heterocycles. The van der Waals surface area contributed by atoms with Crippen LogP contribution in [0.1, 0.15) is 23.7 Å². The van der Waals surface area contributed by atoms with E-state index in [4.69, 9.17) is 22.1 Å². The molecule has 0 bridgehead atoms. The minimum Gasteiger partial charge on any atom is -0.491 e. The third kappa shape index (κ3) is 3.13. The Morgan fingerprint density at radius 2 is 1.50 bits per heavy atom. The van der Waals surface area contributed by atoms with Crippen molar-refractivity contribution in [2.75, 3.05) is 12.8 Å². The van der Waals surface area contributed by atoms with Crippen molar-refractivity contribution < 1.29 is 27.0 Å². The van der Waals surface area contributed by atoms with Crippen LogP contribution in [-0.4, -0.2) is 7.11 Å². The van der Waals surface area contributed by atoms with Gasteiger partial charge in [0.25, 0.3) is 0 Å². The highest BCUT2D eigenvalue weighted by atomic mass is 35.5. The van der Waals surface area contributed by atoms with Gasteiger partial charge in [-0.1, -0.05) is 41.9 Å². The largest absolute Gasteiger partial charge is 0.491 e. The van der Waals surface area contributed by atoms with E-state index in [1.165, 1.54) is 0 Å². The molecular weight excluding hydrogens is 422 g/mol. The number of hydrogen-bond donors (Lipinski definition) is 1. The van der Waals surface area contributed by atoms with Gasteiger partial charge in [0.15, 0.2) is 11.5 Å².